The number of para-hydroxylation sites is 2. The molecule has 1 fully saturated rings. The molecule has 4 nitrogen and oxygen atoms in total. The van der Waals surface area contributed by atoms with Crippen LogP contribution < -0.4 is 0 Å². The molecule has 1 aliphatic heterocycles. The van der Waals surface area contributed by atoms with Crippen LogP contribution in [-0.2, 0) is 26.2 Å². The highest BCUT2D eigenvalue weighted by Crippen LogP contribution is 2.24. The third-order valence-electron chi connectivity index (χ3n) is 7.64. The van der Waals surface area contributed by atoms with Crippen LogP contribution in [0.5, 0.6) is 0 Å². The number of unbranched alkanes of at least 4 members (excludes halogenated alkanes) is 1. The minimum atomic E-state index is -0.796. The third kappa shape index (κ3) is 6.30. The van der Waals surface area contributed by atoms with Crippen LogP contribution in [0, 0.1) is 11.6 Å². The lowest BCUT2D eigenvalue weighted by molar-refractivity contribution is 0.220. The number of aromatic nitrogens is 2. The zero-order valence-electron chi connectivity index (χ0n) is 22.4. The van der Waals surface area contributed by atoms with Crippen molar-refractivity contribution in [2.24, 2.45) is 0 Å². The summed E-state index contributed by atoms with van der Waals surface area (Å²) in [5.41, 5.74) is 5.11. The Kier molecular flexibility index (Phi) is 8.82. The predicted octanol–water partition coefficient (Wildman–Crippen LogP) is 7.15. The van der Waals surface area contributed by atoms with Crippen molar-refractivity contribution in [2.45, 2.75) is 65.2 Å². The molecule has 38 heavy (non-hydrogen) atoms. The van der Waals surface area contributed by atoms with Gasteiger partial charge in [0.2, 0.25) is 0 Å². The van der Waals surface area contributed by atoms with Crippen LogP contribution in [0.4, 0.5) is 8.78 Å². The van der Waals surface area contributed by atoms with Gasteiger partial charge in [0.1, 0.15) is 5.82 Å². The normalized spacial score (nSPS) is 14.5. The maximum absolute atomic E-state index is 14.6. The van der Waals surface area contributed by atoms with Crippen molar-refractivity contribution in [1.82, 2.24) is 19.4 Å². The van der Waals surface area contributed by atoms with Gasteiger partial charge in [-0.25, -0.2) is 13.8 Å². The van der Waals surface area contributed by atoms with Gasteiger partial charge in [-0.2, -0.15) is 0 Å². The summed E-state index contributed by atoms with van der Waals surface area (Å²) in [5.74, 6) is -0.600. The molecular weight excluding hydrogens is 478 g/mol. The Morgan fingerprint density at radius 2 is 1.50 bits per heavy atom. The van der Waals surface area contributed by atoms with E-state index in [4.69, 9.17) is 4.98 Å². The first-order chi connectivity index (χ1) is 18.6. The molecule has 1 aliphatic rings. The number of hydrogen-bond acceptors (Lipinski definition) is 3. The monoisotopic (exact) mass is 516 g/mol. The number of benzene rings is 3. The highest BCUT2D eigenvalue weighted by molar-refractivity contribution is 5.76. The summed E-state index contributed by atoms with van der Waals surface area (Å²) < 4.78 is 30.8. The lowest BCUT2D eigenvalue weighted by Gasteiger charge is -2.27. The van der Waals surface area contributed by atoms with E-state index < -0.39 is 11.6 Å². The quantitative estimate of drug-likeness (QED) is 0.212. The Morgan fingerprint density at radius 1 is 0.789 bits per heavy atom. The van der Waals surface area contributed by atoms with E-state index in [-0.39, 0.29) is 0 Å². The minimum Gasteiger partial charge on any atom is -0.322 e. The van der Waals surface area contributed by atoms with Crippen molar-refractivity contribution in [2.75, 3.05) is 19.6 Å². The molecule has 3 aromatic carbocycles. The van der Waals surface area contributed by atoms with Gasteiger partial charge in [0.25, 0.3) is 0 Å². The summed E-state index contributed by atoms with van der Waals surface area (Å²) in [6, 6.07) is 21.4. The van der Waals surface area contributed by atoms with Crippen LogP contribution in [0.3, 0.4) is 0 Å². The average Bonchev–Trinajstić information content (AvgIpc) is 3.28. The number of rotatable bonds is 11. The van der Waals surface area contributed by atoms with Crippen LogP contribution >= 0.6 is 0 Å². The molecule has 1 aromatic heterocycles. The van der Waals surface area contributed by atoms with E-state index in [1.165, 1.54) is 36.5 Å². The lowest BCUT2D eigenvalue weighted by atomic mass is 10.0. The number of likely N-dealkylation sites (tertiary alicyclic amines) is 1. The summed E-state index contributed by atoms with van der Waals surface area (Å²) in [5, 5.41) is 0. The first-order valence-corrected chi connectivity index (χ1v) is 14.0. The number of piperidine rings is 1. The molecule has 0 N–H and O–H groups in total. The second-order valence-corrected chi connectivity index (χ2v) is 10.5. The fourth-order valence-electron chi connectivity index (χ4n) is 5.52. The molecule has 5 rings (SSSR count). The highest BCUT2D eigenvalue weighted by Gasteiger charge is 2.19. The van der Waals surface area contributed by atoms with E-state index in [9.17, 15) is 8.78 Å². The van der Waals surface area contributed by atoms with Crippen molar-refractivity contribution < 1.29 is 8.78 Å². The Labute approximate surface area is 224 Å². The summed E-state index contributed by atoms with van der Waals surface area (Å²) >= 11 is 0. The Hall–Kier alpha value is -3.09. The first-order valence-electron chi connectivity index (χ1n) is 14.0. The van der Waals surface area contributed by atoms with E-state index in [2.05, 4.69) is 63.8 Å². The van der Waals surface area contributed by atoms with Gasteiger partial charge in [-0.3, -0.25) is 9.80 Å². The largest absolute Gasteiger partial charge is 0.322 e. The minimum absolute atomic E-state index is 0.346. The summed E-state index contributed by atoms with van der Waals surface area (Å²) in [6.07, 6.45) is 5.89. The van der Waals surface area contributed by atoms with Gasteiger partial charge in [-0.05, 0) is 68.2 Å². The van der Waals surface area contributed by atoms with Crippen molar-refractivity contribution >= 4 is 11.0 Å². The maximum Gasteiger partial charge on any atom is 0.163 e. The standard InChI is InChI=1S/C32H38F2N4/c1-2-3-18-37(22-27-14-11-15-28(33)32(27)34)24-31-35-29-16-7-8-17-30(29)38(31)23-26-13-6-5-12-25(26)21-36-19-9-4-10-20-36/h5-8,11-17H,2-4,9-10,18-24H2,1H3. The molecule has 4 aromatic rings. The molecule has 0 spiro atoms. The van der Waals surface area contributed by atoms with Gasteiger partial charge < -0.3 is 4.57 Å². The van der Waals surface area contributed by atoms with Crippen LogP contribution in [0.2, 0.25) is 0 Å². The molecule has 2 heterocycles. The highest BCUT2D eigenvalue weighted by atomic mass is 19.2. The molecule has 0 saturated carbocycles. The number of imidazole rings is 1. The molecule has 0 aliphatic carbocycles. The fourth-order valence-corrected chi connectivity index (χ4v) is 5.52. The number of hydrogen-bond donors (Lipinski definition) is 0. The SMILES string of the molecule is CCCCN(Cc1cccc(F)c1F)Cc1nc2ccccc2n1Cc1ccccc1CN1CCCCC1. The molecule has 0 atom stereocenters. The van der Waals surface area contributed by atoms with Gasteiger partial charge in [-0.15, -0.1) is 0 Å². The number of fused-ring (bicyclic) bond motifs is 1. The predicted molar refractivity (Wildman–Crippen MR) is 150 cm³/mol. The molecule has 0 bridgehead atoms. The zero-order chi connectivity index (χ0) is 26.3. The second-order valence-electron chi connectivity index (χ2n) is 10.5. The third-order valence-corrected chi connectivity index (χ3v) is 7.64. The van der Waals surface area contributed by atoms with E-state index >= 15 is 0 Å². The maximum atomic E-state index is 14.6. The second kappa shape index (κ2) is 12.6. The van der Waals surface area contributed by atoms with Crippen molar-refractivity contribution in [3.8, 4) is 0 Å². The molecule has 1 saturated heterocycles. The van der Waals surface area contributed by atoms with Crippen LogP contribution in [0.1, 0.15) is 61.5 Å². The Bertz CT molecular complexity index is 1340. The molecule has 0 radical (unpaired) electrons. The molecule has 0 amide bonds. The fraction of sp³-hybridized carbons (Fsp3) is 0.406. The molecule has 6 heteroatoms. The van der Waals surface area contributed by atoms with Crippen molar-refractivity contribution in [3.63, 3.8) is 0 Å². The molecule has 200 valence electrons. The number of nitrogens with zero attached hydrogens (tertiary/aromatic N) is 4. The van der Waals surface area contributed by atoms with E-state index in [1.807, 2.05) is 6.07 Å². The van der Waals surface area contributed by atoms with Crippen molar-refractivity contribution in [1.29, 1.82) is 0 Å². The zero-order valence-corrected chi connectivity index (χ0v) is 22.4. The van der Waals surface area contributed by atoms with Gasteiger partial charge in [0.05, 0.1) is 17.6 Å². The summed E-state index contributed by atoms with van der Waals surface area (Å²) in [4.78, 5) is 9.78. The van der Waals surface area contributed by atoms with Gasteiger partial charge in [0, 0.05) is 25.2 Å². The van der Waals surface area contributed by atoms with Crippen LogP contribution in [0.15, 0.2) is 66.7 Å². The van der Waals surface area contributed by atoms with Crippen LogP contribution in [-0.4, -0.2) is 39.0 Å². The Balaban J connectivity index is 1.45. The lowest BCUT2D eigenvalue weighted by Crippen LogP contribution is -2.29. The topological polar surface area (TPSA) is 24.3 Å². The van der Waals surface area contributed by atoms with Crippen molar-refractivity contribution in [3.05, 3.63) is 101 Å². The summed E-state index contributed by atoms with van der Waals surface area (Å²) in [6.45, 7) is 7.89. The average molecular weight is 517 g/mol. The molecule has 0 unspecified atom stereocenters. The number of halogens is 2. The van der Waals surface area contributed by atoms with Gasteiger partial charge in [0.15, 0.2) is 11.6 Å². The Morgan fingerprint density at radius 3 is 2.29 bits per heavy atom. The van der Waals surface area contributed by atoms with Gasteiger partial charge in [-0.1, -0.05) is 68.3 Å². The van der Waals surface area contributed by atoms with E-state index in [0.29, 0.717) is 18.7 Å². The smallest absolute Gasteiger partial charge is 0.163 e. The van der Waals surface area contributed by atoms with E-state index in [1.54, 1.807) is 12.1 Å². The summed E-state index contributed by atoms with van der Waals surface area (Å²) in [7, 11) is 0. The first kappa shape index (κ1) is 26.5. The van der Waals surface area contributed by atoms with Crippen LogP contribution in [0.25, 0.3) is 11.0 Å². The van der Waals surface area contributed by atoms with Gasteiger partial charge >= 0.3 is 0 Å². The molecular formula is C32H38F2N4. The van der Waals surface area contributed by atoms with E-state index in [0.717, 1.165) is 62.4 Å².